The summed E-state index contributed by atoms with van der Waals surface area (Å²) in [6.07, 6.45) is 6.89. The molecule has 1 aliphatic heterocycles. The van der Waals surface area contributed by atoms with Gasteiger partial charge in [-0.15, -0.1) is 0 Å². The lowest BCUT2D eigenvalue weighted by molar-refractivity contribution is -0.128. The zero-order valence-corrected chi connectivity index (χ0v) is 8.60. The number of carbonyl (C=O) groups excluding carboxylic acids is 1. The average molecular weight is 202 g/mol. The Balaban J connectivity index is 2.03. The number of hydrogen-bond donors (Lipinski definition) is 0. The molecule has 0 spiro atoms. The predicted molar refractivity (Wildman–Crippen MR) is 58.0 cm³/mol. The van der Waals surface area contributed by atoms with Crippen molar-refractivity contribution in [2.24, 2.45) is 5.92 Å². The first kappa shape index (κ1) is 9.90. The highest BCUT2D eigenvalue weighted by atomic mass is 16.2. The molecule has 3 nitrogen and oxygen atoms in total. The highest BCUT2D eigenvalue weighted by Gasteiger charge is 2.29. The van der Waals surface area contributed by atoms with Crippen LogP contribution in [0.2, 0.25) is 0 Å². The van der Waals surface area contributed by atoms with Crippen LogP contribution in [0.1, 0.15) is 12.0 Å². The van der Waals surface area contributed by atoms with E-state index in [1.807, 2.05) is 18.3 Å². The number of rotatable bonds is 3. The largest absolute Gasteiger partial charge is 0.319 e. The van der Waals surface area contributed by atoms with Gasteiger partial charge in [-0.1, -0.05) is 12.6 Å². The van der Waals surface area contributed by atoms with Crippen LogP contribution in [0.4, 0.5) is 0 Å². The summed E-state index contributed by atoms with van der Waals surface area (Å²) in [6.45, 7) is 4.43. The highest BCUT2D eigenvalue weighted by Crippen LogP contribution is 2.21. The Labute approximate surface area is 89.4 Å². The van der Waals surface area contributed by atoms with E-state index in [2.05, 4.69) is 11.6 Å². The molecule has 2 rings (SSSR count). The molecule has 0 aliphatic carbocycles. The van der Waals surface area contributed by atoms with E-state index in [-0.39, 0.29) is 11.8 Å². The Hall–Kier alpha value is -1.64. The van der Waals surface area contributed by atoms with E-state index < -0.39 is 0 Å². The highest BCUT2D eigenvalue weighted by molar-refractivity contribution is 5.82. The summed E-state index contributed by atoms with van der Waals surface area (Å²) in [6, 6.07) is 3.91. The fourth-order valence-electron chi connectivity index (χ4n) is 1.94. The van der Waals surface area contributed by atoms with Crippen LogP contribution in [0.25, 0.3) is 0 Å². The van der Waals surface area contributed by atoms with Gasteiger partial charge in [-0.25, -0.2) is 0 Å². The molecule has 1 aliphatic rings. The van der Waals surface area contributed by atoms with Crippen molar-refractivity contribution in [3.8, 4) is 0 Å². The van der Waals surface area contributed by atoms with Crippen molar-refractivity contribution in [3.05, 3.63) is 42.9 Å². The molecule has 1 unspecified atom stereocenters. The third-order valence-corrected chi connectivity index (χ3v) is 2.78. The smallest absolute Gasteiger partial charge is 0.230 e. The normalized spacial score (nSPS) is 20.7. The van der Waals surface area contributed by atoms with Gasteiger partial charge in [0, 0.05) is 24.9 Å². The van der Waals surface area contributed by atoms with Gasteiger partial charge in [0.2, 0.25) is 5.91 Å². The van der Waals surface area contributed by atoms with E-state index in [4.69, 9.17) is 0 Å². The van der Waals surface area contributed by atoms with Crippen molar-refractivity contribution >= 4 is 5.91 Å². The van der Waals surface area contributed by atoms with Crippen LogP contribution in [-0.4, -0.2) is 22.3 Å². The van der Waals surface area contributed by atoms with E-state index in [1.165, 1.54) is 0 Å². The van der Waals surface area contributed by atoms with Crippen molar-refractivity contribution < 1.29 is 4.79 Å². The zero-order chi connectivity index (χ0) is 10.7. The maximum absolute atomic E-state index is 11.8. The molecule has 78 valence electrons. The van der Waals surface area contributed by atoms with Crippen LogP contribution in [0.15, 0.2) is 37.3 Å². The molecule has 0 bridgehead atoms. The first-order valence-electron chi connectivity index (χ1n) is 5.13. The summed E-state index contributed by atoms with van der Waals surface area (Å²) < 4.78 is 0. The second-order valence-electron chi connectivity index (χ2n) is 3.77. The molecule has 0 N–H and O–H groups in total. The molecular formula is C12H14N2O. The monoisotopic (exact) mass is 202 g/mol. The van der Waals surface area contributed by atoms with E-state index in [1.54, 1.807) is 17.3 Å². The number of hydrogen-bond acceptors (Lipinski definition) is 2. The molecule has 2 heterocycles. The Kier molecular flexibility index (Phi) is 2.81. The van der Waals surface area contributed by atoms with E-state index in [0.29, 0.717) is 0 Å². The Bertz CT molecular complexity index is 361. The van der Waals surface area contributed by atoms with Gasteiger partial charge in [-0.05, 0) is 30.7 Å². The predicted octanol–water partition coefficient (Wildman–Crippen LogP) is 1.62. The molecular weight excluding hydrogens is 188 g/mol. The maximum Gasteiger partial charge on any atom is 0.230 e. The number of likely N-dealkylation sites (tertiary alicyclic amines) is 1. The lowest BCUT2D eigenvalue weighted by Crippen LogP contribution is -2.22. The summed E-state index contributed by atoms with van der Waals surface area (Å²) >= 11 is 0. The van der Waals surface area contributed by atoms with E-state index in [0.717, 1.165) is 24.9 Å². The molecule has 1 aromatic rings. The number of nitrogens with zero attached hydrogens (tertiary/aromatic N) is 2. The van der Waals surface area contributed by atoms with Gasteiger partial charge in [0.15, 0.2) is 0 Å². The summed E-state index contributed by atoms with van der Waals surface area (Å²) in [5, 5.41) is 0. The fourth-order valence-corrected chi connectivity index (χ4v) is 1.94. The number of aromatic nitrogens is 1. The van der Waals surface area contributed by atoms with Crippen molar-refractivity contribution in [2.75, 3.05) is 6.54 Å². The molecule has 3 heteroatoms. The molecule has 1 atom stereocenters. The second-order valence-corrected chi connectivity index (χ2v) is 3.77. The van der Waals surface area contributed by atoms with Crippen molar-refractivity contribution in [3.63, 3.8) is 0 Å². The third-order valence-electron chi connectivity index (χ3n) is 2.78. The summed E-state index contributed by atoms with van der Waals surface area (Å²) in [7, 11) is 0. The minimum Gasteiger partial charge on any atom is -0.319 e. The van der Waals surface area contributed by atoms with Crippen LogP contribution < -0.4 is 0 Å². The Morgan fingerprint density at radius 2 is 2.53 bits per heavy atom. The lowest BCUT2D eigenvalue weighted by Gasteiger charge is -2.10. The third kappa shape index (κ3) is 2.06. The molecule has 15 heavy (non-hydrogen) atoms. The van der Waals surface area contributed by atoms with Gasteiger partial charge in [0.1, 0.15) is 0 Å². The molecule has 1 fully saturated rings. The van der Waals surface area contributed by atoms with Gasteiger partial charge >= 0.3 is 0 Å². The quantitative estimate of drug-likeness (QED) is 0.746. The summed E-state index contributed by atoms with van der Waals surface area (Å²) in [5.41, 5.74) is 1.13. The maximum atomic E-state index is 11.8. The van der Waals surface area contributed by atoms with Crippen LogP contribution in [0, 0.1) is 5.92 Å². The van der Waals surface area contributed by atoms with Gasteiger partial charge < -0.3 is 4.90 Å². The van der Waals surface area contributed by atoms with Crippen LogP contribution in [0.3, 0.4) is 0 Å². The van der Waals surface area contributed by atoms with E-state index in [9.17, 15) is 4.79 Å². The van der Waals surface area contributed by atoms with Gasteiger partial charge in [-0.2, -0.15) is 0 Å². The van der Waals surface area contributed by atoms with Gasteiger partial charge in [0.25, 0.3) is 0 Å². The number of amides is 1. The SMILES string of the molecule is C=CN1CCC(Cc2cccnc2)C1=O. The van der Waals surface area contributed by atoms with Crippen LogP contribution in [0.5, 0.6) is 0 Å². The molecule has 0 radical (unpaired) electrons. The molecule has 0 aromatic carbocycles. The van der Waals surface area contributed by atoms with Crippen LogP contribution >= 0.6 is 0 Å². The second kappa shape index (κ2) is 4.26. The van der Waals surface area contributed by atoms with Crippen molar-refractivity contribution in [2.45, 2.75) is 12.8 Å². The molecule has 0 saturated carbocycles. The number of pyridine rings is 1. The standard InChI is InChI=1S/C12H14N2O/c1-2-14-7-5-11(12(14)15)8-10-4-3-6-13-9-10/h2-4,6,9,11H,1,5,7-8H2. The molecule has 1 saturated heterocycles. The topological polar surface area (TPSA) is 33.2 Å². The average Bonchev–Trinajstić information content (AvgIpc) is 2.62. The number of carbonyl (C=O) groups is 1. The Morgan fingerprint density at radius 1 is 1.67 bits per heavy atom. The minimum atomic E-state index is 0.104. The molecule has 1 aromatic heterocycles. The summed E-state index contributed by atoms with van der Waals surface area (Å²) in [4.78, 5) is 17.5. The zero-order valence-electron chi connectivity index (χ0n) is 8.60. The van der Waals surface area contributed by atoms with Crippen molar-refractivity contribution in [1.82, 2.24) is 9.88 Å². The van der Waals surface area contributed by atoms with Gasteiger partial charge in [-0.3, -0.25) is 9.78 Å². The van der Waals surface area contributed by atoms with Crippen molar-refractivity contribution in [1.29, 1.82) is 0 Å². The lowest BCUT2D eigenvalue weighted by atomic mass is 9.99. The van der Waals surface area contributed by atoms with E-state index >= 15 is 0 Å². The summed E-state index contributed by atoms with van der Waals surface area (Å²) in [5.74, 6) is 0.293. The Morgan fingerprint density at radius 3 is 3.13 bits per heavy atom. The first-order chi connectivity index (χ1) is 7.31. The first-order valence-corrected chi connectivity index (χ1v) is 5.13. The fraction of sp³-hybridized carbons (Fsp3) is 0.333. The van der Waals surface area contributed by atoms with Crippen LogP contribution in [-0.2, 0) is 11.2 Å². The van der Waals surface area contributed by atoms with Gasteiger partial charge in [0.05, 0.1) is 0 Å². The molecule has 1 amide bonds. The minimum absolute atomic E-state index is 0.104.